The zero-order chi connectivity index (χ0) is 14.4. The van der Waals surface area contributed by atoms with Crippen LogP contribution in [0.4, 0.5) is 8.78 Å². The SMILES string of the molecule is COc1ccc(C(CN)CC(=O)O)cc1OC(F)F. The molecular formula is C12H15F2NO4. The molecule has 0 saturated carbocycles. The summed E-state index contributed by atoms with van der Waals surface area (Å²) in [4.78, 5) is 10.7. The highest BCUT2D eigenvalue weighted by Gasteiger charge is 2.18. The predicted octanol–water partition coefficient (Wildman–Crippen LogP) is 1.81. The quantitative estimate of drug-likeness (QED) is 0.793. The number of carboxylic acid groups (broad SMARTS) is 1. The van der Waals surface area contributed by atoms with Gasteiger partial charge in [-0.05, 0) is 24.2 Å². The van der Waals surface area contributed by atoms with Gasteiger partial charge in [-0.1, -0.05) is 6.07 Å². The summed E-state index contributed by atoms with van der Waals surface area (Å²) in [6.07, 6.45) is -0.184. The molecule has 0 aliphatic heterocycles. The molecule has 19 heavy (non-hydrogen) atoms. The van der Waals surface area contributed by atoms with Crippen molar-refractivity contribution in [1.29, 1.82) is 0 Å². The van der Waals surface area contributed by atoms with Gasteiger partial charge in [0.1, 0.15) is 0 Å². The Balaban J connectivity index is 3.04. The number of ether oxygens (including phenoxy) is 2. The molecule has 0 saturated heterocycles. The minimum atomic E-state index is -2.99. The largest absolute Gasteiger partial charge is 0.493 e. The minimum Gasteiger partial charge on any atom is -0.493 e. The summed E-state index contributed by atoms with van der Waals surface area (Å²) in [5.41, 5.74) is 6.01. The molecule has 1 atom stereocenters. The molecule has 0 aliphatic carbocycles. The van der Waals surface area contributed by atoms with Crippen molar-refractivity contribution < 1.29 is 28.2 Å². The van der Waals surface area contributed by atoms with E-state index in [4.69, 9.17) is 15.6 Å². The Morgan fingerprint density at radius 1 is 1.42 bits per heavy atom. The molecule has 0 amide bonds. The van der Waals surface area contributed by atoms with Crippen molar-refractivity contribution in [3.05, 3.63) is 23.8 Å². The molecule has 0 heterocycles. The Hall–Kier alpha value is -1.89. The number of nitrogens with two attached hydrogens (primary N) is 1. The summed E-state index contributed by atoms with van der Waals surface area (Å²) < 4.78 is 33.7. The molecule has 0 bridgehead atoms. The molecule has 106 valence electrons. The third-order valence-electron chi connectivity index (χ3n) is 2.58. The van der Waals surface area contributed by atoms with Crippen LogP contribution in [-0.2, 0) is 4.79 Å². The Morgan fingerprint density at radius 2 is 2.11 bits per heavy atom. The normalized spacial score (nSPS) is 12.3. The third kappa shape index (κ3) is 4.36. The maximum Gasteiger partial charge on any atom is 0.387 e. The smallest absolute Gasteiger partial charge is 0.387 e. The van der Waals surface area contributed by atoms with Crippen LogP contribution >= 0.6 is 0 Å². The molecule has 0 radical (unpaired) electrons. The van der Waals surface area contributed by atoms with Crippen molar-refractivity contribution in [1.82, 2.24) is 0 Å². The highest BCUT2D eigenvalue weighted by molar-refractivity contribution is 5.68. The number of alkyl halides is 2. The van der Waals surface area contributed by atoms with Gasteiger partial charge in [0.05, 0.1) is 13.5 Å². The molecular weight excluding hydrogens is 260 g/mol. The molecule has 0 aliphatic rings. The molecule has 0 fully saturated rings. The molecule has 5 nitrogen and oxygen atoms in total. The van der Waals surface area contributed by atoms with Gasteiger partial charge < -0.3 is 20.3 Å². The van der Waals surface area contributed by atoms with Gasteiger partial charge in [-0.2, -0.15) is 8.78 Å². The Labute approximate surface area is 108 Å². The molecule has 1 aromatic rings. The van der Waals surface area contributed by atoms with E-state index >= 15 is 0 Å². The van der Waals surface area contributed by atoms with E-state index in [2.05, 4.69) is 4.74 Å². The van der Waals surface area contributed by atoms with Crippen molar-refractivity contribution in [2.75, 3.05) is 13.7 Å². The second-order valence-electron chi connectivity index (χ2n) is 3.82. The standard InChI is InChI=1S/C12H15F2NO4/c1-18-9-3-2-7(4-10(9)19-12(13)14)8(6-15)5-11(16)17/h2-4,8,12H,5-6,15H2,1H3,(H,16,17). The first-order chi connectivity index (χ1) is 8.97. The molecule has 7 heteroatoms. The Morgan fingerprint density at radius 3 is 2.58 bits per heavy atom. The number of benzene rings is 1. The number of methoxy groups -OCH3 is 1. The molecule has 0 spiro atoms. The van der Waals surface area contributed by atoms with Gasteiger partial charge in [-0.15, -0.1) is 0 Å². The zero-order valence-electron chi connectivity index (χ0n) is 10.3. The van der Waals surface area contributed by atoms with Gasteiger partial charge in [-0.25, -0.2) is 0 Å². The van der Waals surface area contributed by atoms with Crippen LogP contribution in [0.1, 0.15) is 17.9 Å². The first-order valence-electron chi connectivity index (χ1n) is 5.52. The second kappa shape index (κ2) is 6.89. The van der Waals surface area contributed by atoms with E-state index in [9.17, 15) is 13.6 Å². The number of hydrogen-bond acceptors (Lipinski definition) is 4. The van der Waals surface area contributed by atoms with Crippen molar-refractivity contribution in [3.8, 4) is 11.5 Å². The minimum absolute atomic E-state index is 0.0900. The lowest BCUT2D eigenvalue weighted by Gasteiger charge is -2.16. The average molecular weight is 275 g/mol. The van der Waals surface area contributed by atoms with Gasteiger partial charge in [0, 0.05) is 5.92 Å². The number of hydrogen-bond donors (Lipinski definition) is 2. The fourth-order valence-electron chi connectivity index (χ4n) is 1.68. The van der Waals surface area contributed by atoms with Crippen LogP contribution in [0, 0.1) is 0 Å². The maximum atomic E-state index is 12.3. The van der Waals surface area contributed by atoms with E-state index in [1.807, 2.05) is 0 Å². The van der Waals surface area contributed by atoms with E-state index in [1.54, 1.807) is 6.07 Å². The fourth-order valence-corrected chi connectivity index (χ4v) is 1.68. The number of rotatable bonds is 7. The number of halogens is 2. The summed E-state index contributed by atoms with van der Waals surface area (Å²) in [6.45, 7) is -2.90. The average Bonchev–Trinajstić information content (AvgIpc) is 2.35. The van der Waals surface area contributed by atoms with Crippen LogP contribution in [0.25, 0.3) is 0 Å². The molecule has 0 aromatic heterocycles. The lowest BCUT2D eigenvalue weighted by Crippen LogP contribution is -2.16. The van der Waals surface area contributed by atoms with Crippen molar-refractivity contribution >= 4 is 5.97 Å². The van der Waals surface area contributed by atoms with E-state index in [1.165, 1.54) is 19.2 Å². The summed E-state index contributed by atoms with van der Waals surface area (Å²) in [5, 5.41) is 8.76. The van der Waals surface area contributed by atoms with Crippen LogP contribution in [-0.4, -0.2) is 31.3 Å². The third-order valence-corrected chi connectivity index (χ3v) is 2.58. The van der Waals surface area contributed by atoms with E-state index in [0.29, 0.717) is 5.56 Å². The summed E-state index contributed by atoms with van der Waals surface area (Å²) in [7, 11) is 1.32. The van der Waals surface area contributed by atoms with E-state index < -0.39 is 18.5 Å². The predicted molar refractivity (Wildman–Crippen MR) is 63.7 cm³/mol. The van der Waals surface area contributed by atoms with Crippen LogP contribution in [0.5, 0.6) is 11.5 Å². The zero-order valence-corrected chi connectivity index (χ0v) is 10.3. The molecule has 3 N–H and O–H groups in total. The second-order valence-corrected chi connectivity index (χ2v) is 3.82. The van der Waals surface area contributed by atoms with Gasteiger partial charge in [0.25, 0.3) is 0 Å². The lowest BCUT2D eigenvalue weighted by molar-refractivity contribution is -0.137. The van der Waals surface area contributed by atoms with Crippen LogP contribution in [0.2, 0.25) is 0 Å². The Kier molecular flexibility index (Phi) is 5.50. The lowest BCUT2D eigenvalue weighted by atomic mass is 9.95. The van der Waals surface area contributed by atoms with E-state index in [0.717, 1.165) is 0 Å². The van der Waals surface area contributed by atoms with Gasteiger partial charge >= 0.3 is 12.6 Å². The summed E-state index contributed by atoms with van der Waals surface area (Å²) >= 11 is 0. The van der Waals surface area contributed by atoms with Gasteiger partial charge in [0.2, 0.25) is 0 Å². The van der Waals surface area contributed by atoms with Crippen LogP contribution in [0.15, 0.2) is 18.2 Å². The van der Waals surface area contributed by atoms with Gasteiger partial charge in [0.15, 0.2) is 11.5 Å². The fraction of sp³-hybridized carbons (Fsp3) is 0.417. The summed E-state index contributed by atoms with van der Waals surface area (Å²) in [5.74, 6) is -1.47. The molecule has 1 aromatic carbocycles. The monoisotopic (exact) mass is 275 g/mol. The van der Waals surface area contributed by atoms with Crippen molar-refractivity contribution in [2.24, 2.45) is 5.73 Å². The first-order valence-corrected chi connectivity index (χ1v) is 5.52. The van der Waals surface area contributed by atoms with Gasteiger partial charge in [-0.3, -0.25) is 4.79 Å². The number of aliphatic carboxylic acids is 1. The number of carbonyl (C=O) groups is 1. The van der Waals surface area contributed by atoms with Crippen LogP contribution in [0.3, 0.4) is 0 Å². The Bertz CT molecular complexity index is 440. The topological polar surface area (TPSA) is 81.8 Å². The first kappa shape index (κ1) is 15.2. The highest BCUT2D eigenvalue weighted by atomic mass is 19.3. The van der Waals surface area contributed by atoms with Crippen molar-refractivity contribution in [2.45, 2.75) is 19.0 Å². The summed E-state index contributed by atoms with van der Waals surface area (Å²) in [6, 6.07) is 4.35. The molecule has 1 unspecified atom stereocenters. The highest BCUT2D eigenvalue weighted by Crippen LogP contribution is 2.32. The van der Waals surface area contributed by atoms with Crippen LogP contribution < -0.4 is 15.2 Å². The number of carboxylic acids is 1. The maximum absolute atomic E-state index is 12.3. The van der Waals surface area contributed by atoms with Crippen molar-refractivity contribution in [3.63, 3.8) is 0 Å². The molecule has 1 rings (SSSR count). The van der Waals surface area contributed by atoms with E-state index in [-0.39, 0.29) is 24.5 Å².